The molecule has 0 bridgehead atoms. The van der Waals surface area contributed by atoms with Crippen LogP contribution in [-0.2, 0) is 108 Å². The van der Waals surface area contributed by atoms with Crippen LogP contribution in [0.3, 0.4) is 0 Å². The van der Waals surface area contributed by atoms with Crippen molar-refractivity contribution in [2.24, 2.45) is 0 Å². The number of rotatable bonds is 33. The molecule has 0 heterocycles. The van der Waals surface area contributed by atoms with Gasteiger partial charge in [-0.05, 0) is 0 Å². The molecule has 0 fully saturated rings. The van der Waals surface area contributed by atoms with E-state index in [1.54, 1.807) is 0 Å². The van der Waals surface area contributed by atoms with Gasteiger partial charge in [-0.2, -0.15) is 0 Å². The molecule has 0 aromatic heterocycles. The molecule has 0 N–H and O–H groups in total. The molecular formula is O26Si26. The Bertz CT molecular complexity index is 697. The average molecular weight is 1150 g/mol. The molecule has 0 aliphatic rings. The Morgan fingerprint density at radius 3 is 0.327 bits per heavy atom. The summed E-state index contributed by atoms with van der Waals surface area (Å²) in [6.45, 7) is 0. The van der Waals surface area contributed by atoms with Gasteiger partial charge in [-0.1, -0.05) is 0 Å². The summed E-state index contributed by atoms with van der Waals surface area (Å²) in [7, 11) is 8.39. The Labute approximate surface area is 366 Å². The lowest BCUT2D eigenvalue weighted by molar-refractivity contribution is -0.239. The maximum absolute atomic E-state index is 5.90. The monoisotopic (exact) mass is 1140 g/mol. The largest absolute Gasteiger partial charge is 0.689 e. The second-order valence-corrected chi connectivity index (χ2v) is 34.5. The third kappa shape index (κ3) is 15.2. The van der Waals surface area contributed by atoms with E-state index in [4.69, 9.17) is 108 Å². The summed E-state index contributed by atoms with van der Waals surface area (Å²) in [5, 5.41) is 0. The van der Waals surface area contributed by atoms with Crippen LogP contribution in [0.4, 0.5) is 0 Å². The smallest absolute Gasteiger partial charge is 0.395 e. The normalized spacial score (nSPS) is 14.4. The van der Waals surface area contributed by atoms with Crippen LogP contribution in [0.1, 0.15) is 0 Å². The van der Waals surface area contributed by atoms with E-state index in [0.29, 0.717) is 0 Å². The number of hydrogen-bond acceptors (Lipinski definition) is 26. The van der Waals surface area contributed by atoms with Crippen LogP contribution < -0.4 is 0 Å². The summed E-state index contributed by atoms with van der Waals surface area (Å²) in [6.07, 6.45) is 0. The van der Waals surface area contributed by atoms with E-state index in [0.717, 1.165) is 0 Å². The molecule has 52 heavy (non-hydrogen) atoms. The first-order chi connectivity index (χ1) is 24.5. The maximum atomic E-state index is 5.87. The van der Waals surface area contributed by atoms with Gasteiger partial charge < -0.3 is 98.8 Å². The highest BCUT2D eigenvalue weighted by molar-refractivity contribution is 6.85. The molecule has 0 spiro atoms. The SMILES string of the molecule is [Si]O[Si](O[Si])(O[Si])O[Si](OO[Si](O[Si](O[Si])(O[Si])O[Si])(O[Si](O[Si])(O[Si])O[Si])O[Si](O[Si])(O[Si])O[Si])(O[Si](O[Si])(O[Si])O[Si])O[Si](O[Si])(O[Si])O[Si]. The molecule has 0 amide bonds. The van der Waals surface area contributed by atoms with Crippen molar-refractivity contribution in [3.63, 3.8) is 0 Å². The van der Waals surface area contributed by atoms with Gasteiger partial charge in [0.05, 0.1) is 0 Å². The van der Waals surface area contributed by atoms with Crippen LogP contribution in [0.2, 0.25) is 0 Å². The Balaban J connectivity index is 8.45. The minimum Gasteiger partial charge on any atom is -0.395 e. The van der Waals surface area contributed by atoms with Gasteiger partial charge in [0, 0.05) is 0 Å². The molecule has 26 nitrogen and oxygen atoms in total. The summed E-state index contributed by atoms with van der Waals surface area (Å²) < 4.78 is 138. The summed E-state index contributed by atoms with van der Waals surface area (Å²) in [4.78, 5) is 0. The van der Waals surface area contributed by atoms with Crippen LogP contribution in [0.15, 0.2) is 0 Å². The third-order valence-electron chi connectivity index (χ3n) is 4.00. The lowest BCUT2D eigenvalue weighted by Crippen LogP contribution is -2.74. The zero-order valence-corrected chi connectivity index (χ0v) is 49.6. The second kappa shape index (κ2) is 26.8. The van der Waals surface area contributed by atoms with E-state index in [2.05, 4.69) is 189 Å². The van der Waals surface area contributed by atoms with Crippen molar-refractivity contribution >= 4 is 261 Å². The van der Waals surface area contributed by atoms with Crippen molar-refractivity contribution in [2.75, 3.05) is 0 Å². The molecule has 0 saturated heterocycles. The standard InChI is InChI=1S/O26Si26/c27-3-47(4-28,5-29)21-45(22-48(6-30,7-31)8-32,23-49(9-33,10-34)11-35)1-2-46(24-50(12-36,13-37)14-38,25-51(15-39,16-40)17-41)26-52(18-42,19-43)20-44. The fourth-order valence-electron chi connectivity index (χ4n) is 2.00. The van der Waals surface area contributed by atoms with Gasteiger partial charge in [0.15, 0.2) is 0 Å². The zero-order valence-electron chi connectivity index (χ0n) is 23.6. The Morgan fingerprint density at radius 2 is 0.250 bits per heavy atom. The Morgan fingerprint density at radius 1 is 0.154 bits per heavy atom. The van der Waals surface area contributed by atoms with Crippen LogP contribution in [0.25, 0.3) is 0 Å². The lowest BCUT2D eigenvalue weighted by atomic mass is 14.9. The van der Waals surface area contributed by atoms with Crippen molar-refractivity contribution in [3.8, 4) is 0 Å². The van der Waals surface area contributed by atoms with Crippen LogP contribution in [-0.4, -0.2) is 261 Å². The van der Waals surface area contributed by atoms with E-state index >= 15 is 0 Å². The summed E-state index contributed by atoms with van der Waals surface area (Å²) >= 11 is 0. The van der Waals surface area contributed by atoms with E-state index in [1.807, 2.05) is 0 Å². The van der Waals surface area contributed by atoms with Gasteiger partial charge in [-0.25, -0.2) is 9.15 Å². The molecule has 0 aromatic carbocycles. The molecule has 0 aliphatic heterocycles. The zero-order chi connectivity index (χ0) is 40.4. The molecule has 0 unspecified atom stereocenters. The van der Waals surface area contributed by atoms with E-state index in [1.165, 1.54) is 0 Å². The Hall–Kier alpha value is 4.60. The van der Waals surface area contributed by atoms with Gasteiger partial charge in [0.2, 0.25) is 189 Å². The van der Waals surface area contributed by atoms with E-state index in [-0.39, 0.29) is 0 Å². The fraction of sp³-hybridized carbons (Fsp3) is 0. The minimum atomic E-state index is -5.90. The first-order valence-corrected chi connectivity index (χ1v) is 30.8. The van der Waals surface area contributed by atoms with Crippen molar-refractivity contribution in [3.05, 3.63) is 0 Å². The molecular weight excluding hydrogens is 1150 g/mol. The van der Waals surface area contributed by atoms with Gasteiger partial charge in [0.1, 0.15) is 0 Å². The lowest BCUT2D eigenvalue weighted by Gasteiger charge is -2.43. The van der Waals surface area contributed by atoms with Crippen molar-refractivity contribution in [1.82, 2.24) is 0 Å². The molecule has 0 aliphatic carbocycles. The van der Waals surface area contributed by atoms with Crippen molar-refractivity contribution in [2.45, 2.75) is 0 Å². The molecule has 0 rings (SSSR count). The highest BCUT2D eigenvalue weighted by atomic mass is 28.6. The molecule has 260 valence electrons. The predicted molar refractivity (Wildman–Crippen MR) is 178 cm³/mol. The topological polar surface area (TPSA) is 240 Å². The first kappa shape index (κ1) is 56.6. The minimum absolute atomic E-state index is 2.73. The third-order valence-corrected chi connectivity index (χ3v) is 34.7. The molecule has 0 saturated carbocycles. The maximum Gasteiger partial charge on any atom is 0.689 e. The summed E-state index contributed by atoms with van der Waals surface area (Å²) in [6, 6.07) is 0. The van der Waals surface area contributed by atoms with E-state index < -0.39 is 72.4 Å². The summed E-state index contributed by atoms with van der Waals surface area (Å²) in [5.74, 6) is 0. The Kier molecular flexibility index (Phi) is 29.2. The van der Waals surface area contributed by atoms with Crippen LogP contribution >= 0.6 is 0 Å². The highest BCUT2D eigenvalue weighted by Gasteiger charge is 2.74. The molecule has 52 heteroatoms. The molecule has 0 aromatic rings. The highest BCUT2D eigenvalue weighted by Crippen LogP contribution is 2.34. The fourth-order valence-corrected chi connectivity index (χ4v) is 33.7. The second-order valence-electron chi connectivity index (χ2n) is 6.62. The first-order valence-electron chi connectivity index (χ1n) is 10.4. The molecule has 54 radical (unpaired) electrons. The van der Waals surface area contributed by atoms with Crippen molar-refractivity contribution < 1.29 is 108 Å². The number of hydrogen-bond donors (Lipinski definition) is 0. The van der Waals surface area contributed by atoms with Gasteiger partial charge in [-0.15, -0.1) is 0 Å². The van der Waals surface area contributed by atoms with E-state index in [9.17, 15) is 0 Å². The van der Waals surface area contributed by atoms with Gasteiger partial charge >= 0.3 is 72.4 Å². The quantitative estimate of drug-likeness (QED) is 0.0337. The predicted octanol–water partition coefficient (Wildman–Crippen LogP) is -11.7. The van der Waals surface area contributed by atoms with Crippen LogP contribution in [0, 0.1) is 0 Å². The van der Waals surface area contributed by atoms with Crippen molar-refractivity contribution in [1.29, 1.82) is 0 Å². The summed E-state index contributed by atoms with van der Waals surface area (Å²) in [5.41, 5.74) is 0. The molecule has 0 atom stereocenters. The van der Waals surface area contributed by atoms with Gasteiger partial charge in [0.25, 0.3) is 0 Å². The average Bonchev–Trinajstić information content (AvgIpc) is 3.21. The van der Waals surface area contributed by atoms with Crippen LogP contribution in [0.5, 0.6) is 0 Å². The van der Waals surface area contributed by atoms with Gasteiger partial charge in [-0.3, -0.25) is 0 Å².